The summed E-state index contributed by atoms with van der Waals surface area (Å²) < 4.78 is 68.2. The van der Waals surface area contributed by atoms with Crippen LogP contribution in [0.2, 0.25) is 5.02 Å². The lowest BCUT2D eigenvalue weighted by Crippen LogP contribution is -2.37. The minimum Gasteiger partial charge on any atom is -0.492 e. The van der Waals surface area contributed by atoms with Gasteiger partial charge in [0.1, 0.15) is 29.1 Å². The van der Waals surface area contributed by atoms with Crippen molar-refractivity contribution in [3.63, 3.8) is 0 Å². The van der Waals surface area contributed by atoms with Gasteiger partial charge in [-0.25, -0.2) is 0 Å². The maximum Gasteiger partial charge on any atom is 0.391 e. The molecule has 1 aromatic heterocycles. The van der Waals surface area contributed by atoms with Gasteiger partial charge in [0, 0.05) is 81.9 Å². The molecule has 0 aliphatic heterocycles. The van der Waals surface area contributed by atoms with Gasteiger partial charge in [-0.3, -0.25) is 38.4 Å². The summed E-state index contributed by atoms with van der Waals surface area (Å²) in [6.45, 7) is 4.65. The summed E-state index contributed by atoms with van der Waals surface area (Å²) in [4.78, 5) is 92.8. The number of amides is 4. The number of alkyl halides is 3. The molecule has 0 radical (unpaired) electrons. The number of halogens is 7. The number of carbonyl (C=O) groups is 8. The Morgan fingerprint density at radius 2 is 0.769 bits per heavy atom. The number of rotatable bonds is 35. The average molecular weight is 2220 g/mol. The molecular weight excluding hydrogens is 2090 g/mol. The highest BCUT2D eigenvalue weighted by Gasteiger charge is 2.57. The molecule has 9 unspecified atom stereocenters. The van der Waals surface area contributed by atoms with Crippen LogP contribution in [-0.4, -0.2) is 120 Å². The summed E-state index contributed by atoms with van der Waals surface area (Å²) in [6, 6.07) is 56.0. The summed E-state index contributed by atoms with van der Waals surface area (Å²) in [5.41, 5.74) is 11.3. The summed E-state index contributed by atoms with van der Waals surface area (Å²) in [5.74, 6) is 2.75. The van der Waals surface area contributed by atoms with Gasteiger partial charge in [0.05, 0.1) is 75.4 Å². The second kappa shape index (κ2) is 49.5. The molecule has 0 saturated heterocycles. The Hall–Kier alpha value is -10.5. The summed E-state index contributed by atoms with van der Waals surface area (Å²) in [6.07, 6.45) is 31.3. The van der Waals surface area contributed by atoms with Gasteiger partial charge in [-0.1, -0.05) is 156 Å². The zero-order valence-electron chi connectivity index (χ0n) is 83.8. The smallest absolute Gasteiger partial charge is 0.391 e. The predicted molar refractivity (Wildman–Crippen MR) is 570 cm³/mol. The molecule has 9 aromatic rings. The highest BCUT2D eigenvalue weighted by molar-refractivity contribution is 9.11. The molecule has 4 amide bonds. The Labute approximate surface area is 889 Å². The number of aryl methyl sites for hydroxylation is 1. The van der Waals surface area contributed by atoms with Gasteiger partial charge in [0.25, 0.3) is 23.6 Å². The van der Waals surface area contributed by atoms with E-state index in [1.165, 1.54) is 187 Å². The number of nitrogens with one attached hydrogen (secondary N) is 4. The molecule has 1 heterocycles. The second-order valence-electron chi connectivity index (χ2n) is 43.0. The van der Waals surface area contributed by atoms with Crippen molar-refractivity contribution >= 4 is 118 Å². The summed E-state index contributed by atoms with van der Waals surface area (Å²) in [7, 11) is 0. The van der Waals surface area contributed by atoms with E-state index in [1.54, 1.807) is 30.3 Å². The molecule has 8 aromatic carbocycles. The third-order valence-corrected chi connectivity index (χ3v) is 35.9. The van der Waals surface area contributed by atoms with Gasteiger partial charge in [-0.2, -0.15) is 18.4 Å². The van der Waals surface area contributed by atoms with Crippen LogP contribution in [0, 0.1) is 70.5 Å². The highest BCUT2D eigenvalue weighted by Crippen LogP contribution is 2.64. The lowest BCUT2D eigenvalue weighted by Gasteiger charge is -2.42. The Bertz CT molecular complexity index is 6170. The lowest BCUT2D eigenvalue weighted by molar-refractivity contribution is -0.184. The molecule has 10 aliphatic carbocycles. The molecular formula is C119H136Br3ClF3N5O16. The lowest BCUT2D eigenvalue weighted by atomic mass is 9.63. The number of carboxylic acids is 4. The van der Waals surface area contributed by atoms with Crippen LogP contribution in [-0.2, 0) is 47.3 Å². The van der Waals surface area contributed by atoms with Crippen LogP contribution in [0.25, 0.3) is 11.0 Å². The normalized spacial score (nSPS) is 24.0. The van der Waals surface area contributed by atoms with Crippen molar-refractivity contribution in [3.8, 4) is 23.3 Å². The first-order chi connectivity index (χ1) is 70.8. The van der Waals surface area contributed by atoms with E-state index in [0.717, 1.165) is 104 Å². The van der Waals surface area contributed by atoms with Crippen LogP contribution in [0.5, 0.6) is 17.2 Å². The summed E-state index contributed by atoms with van der Waals surface area (Å²) >= 11 is 18.1. The van der Waals surface area contributed by atoms with Crippen LogP contribution in [0.1, 0.15) is 335 Å². The number of hydrogen-bond donors (Lipinski definition) is 8. The Morgan fingerprint density at radius 1 is 0.415 bits per heavy atom. The van der Waals surface area contributed by atoms with E-state index >= 15 is 0 Å². The first-order valence-corrected chi connectivity index (χ1v) is 56.0. The van der Waals surface area contributed by atoms with Crippen molar-refractivity contribution in [3.05, 3.63) is 260 Å². The van der Waals surface area contributed by atoms with Gasteiger partial charge in [0.15, 0.2) is 5.58 Å². The standard InChI is InChI=1S/C31H36N2O4.C30H35Br2NO4.C30H36BrNO4.C28H29ClF3NO4/c32-19-24-17-27(12-13-28(24)37-20-21-4-2-1-3-5-21)31(18-22-6-9-26(31)16-22)25-10-7-23(8-11-25)30(36)33-15-14-29(34)35;31-25-15-24(16-26(32)28(25)37-18-19-4-2-1-3-5-19)30(17-20-6-9-23(30)14-20)22-10-7-21(8-11-22)29(36)33-13-12-27(34)35;31-26-17-25(12-13-27(26)36-19-20-4-2-1-3-5-20)30(18-21-6-9-24(30)16-21)23-10-7-22(8-11-23)29(35)32-15-14-28(33)34;1-2-3-22-15-18-14-21(16-23(29)25(18)37-22)27(11-8-20(9-12-27)28(30,31)32)19-6-4-17(5-7-19)26(36)33-13-10-24(34)35/h7-8,10-13,17,21-22,26H,1-6,9,14-16,18,20H2,(H,33,36)(H,34,35);7-8,10-11,15-16,19-20,23H,1-6,9,12-14,17-18H2,(H,33,36)(H,34,35);7-8,10-13,17,20-21,24H,1-6,9,14-16,18-19H2,(H,32,35)(H,33,34);4-7,14-16,20H,2-3,8-13H2,1H3,(H,33,36)(H,34,35). The van der Waals surface area contributed by atoms with Crippen molar-refractivity contribution < 1.29 is 90.6 Å². The molecule has 10 saturated carbocycles. The summed E-state index contributed by atoms with van der Waals surface area (Å²) in [5, 5.41) is 57.1. The third kappa shape index (κ3) is 25.9. The number of aliphatic carboxylic acids is 4. The van der Waals surface area contributed by atoms with E-state index in [1.807, 2.05) is 79.7 Å². The molecule has 28 heteroatoms. The molecule has 21 nitrogen and oxygen atoms in total. The van der Waals surface area contributed by atoms with Crippen LogP contribution in [0.4, 0.5) is 13.2 Å². The number of carbonyl (C=O) groups excluding carboxylic acids is 4. The van der Waals surface area contributed by atoms with Gasteiger partial charge in [-0.15, -0.1) is 0 Å². The molecule has 19 rings (SSSR count). The van der Waals surface area contributed by atoms with E-state index in [2.05, 4.69) is 136 Å². The van der Waals surface area contributed by atoms with Crippen LogP contribution in [0.3, 0.4) is 0 Å². The molecule has 782 valence electrons. The fourth-order valence-corrected chi connectivity index (χ4v) is 28.6. The quantitative estimate of drug-likeness (QED) is 0.0183. The Morgan fingerprint density at radius 3 is 1.12 bits per heavy atom. The van der Waals surface area contributed by atoms with Gasteiger partial charge in [-0.05, 0) is 377 Å². The third-order valence-electron chi connectivity index (χ3n) is 33.9. The van der Waals surface area contributed by atoms with Gasteiger partial charge >= 0.3 is 30.1 Å². The van der Waals surface area contributed by atoms with Crippen LogP contribution in [0.15, 0.2) is 182 Å². The molecule has 0 spiro atoms. The van der Waals surface area contributed by atoms with E-state index in [4.69, 9.17) is 50.7 Å². The van der Waals surface area contributed by atoms with Crippen LogP contribution >= 0.6 is 59.4 Å². The maximum absolute atomic E-state index is 13.5. The maximum atomic E-state index is 13.5. The van der Waals surface area contributed by atoms with Crippen LogP contribution < -0.4 is 35.5 Å². The Kier molecular flexibility index (Phi) is 36.8. The van der Waals surface area contributed by atoms with Gasteiger partial charge in [0.2, 0.25) is 0 Å². The van der Waals surface area contributed by atoms with Gasteiger partial charge < -0.3 is 60.3 Å². The van der Waals surface area contributed by atoms with Crippen molar-refractivity contribution in [2.24, 2.45) is 59.2 Å². The number of nitrogens with zero attached hydrogens (tertiary/aromatic N) is 1. The number of ether oxygens (including phenoxy) is 3. The van der Waals surface area contributed by atoms with Crippen molar-refractivity contribution in [2.75, 3.05) is 46.0 Å². The highest BCUT2D eigenvalue weighted by atomic mass is 79.9. The van der Waals surface area contributed by atoms with E-state index in [0.29, 0.717) is 92.2 Å². The number of hydrogen-bond acceptors (Lipinski definition) is 13. The molecule has 8 N–H and O–H groups in total. The largest absolute Gasteiger partial charge is 0.492 e. The predicted octanol–water partition coefficient (Wildman–Crippen LogP) is 27.3. The number of nitriles is 1. The molecule has 147 heavy (non-hydrogen) atoms. The topological polar surface area (TPSA) is 330 Å². The SMILES string of the molecule is CCCc1cc2cc(C3(c4ccc(C(=O)NCCC(=O)O)cc4)CCC(C(F)(F)F)CC3)cc(Cl)c2o1.N#Cc1cc(C2(c3ccc(C(=O)NCCC(=O)O)cc3)CC3CCC2C3)ccc1OCC1CCCCC1.O=C(O)CCNC(=O)c1ccc(C2(c3cc(Br)c(OCC4CCCCC4)c(Br)c3)CC3CCC2C3)cc1.O=C(O)CCNC(=O)c1ccc(C2(c3ccc(OCC4CCCCC4)c(Br)c3)CC3CCC2C3)cc1. The second-order valence-corrected chi connectivity index (χ2v) is 46.0. The fourth-order valence-electron chi connectivity index (χ4n) is 26.4. The molecule has 9 atom stereocenters. The van der Waals surface area contributed by atoms with Crippen molar-refractivity contribution in [2.45, 2.75) is 272 Å². The first-order valence-electron chi connectivity index (χ1n) is 53.3. The molecule has 10 aliphatic rings. The first kappa shape index (κ1) is 109. The zero-order chi connectivity index (χ0) is 104. The minimum absolute atomic E-state index is 0.00190. The van der Waals surface area contributed by atoms with Crippen molar-refractivity contribution in [1.29, 1.82) is 5.26 Å². The minimum atomic E-state index is -4.24. The average Bonchev–Trinajstić information content (AvgIpc) is 1.58. The number of furan rings is 1. The van der Waals surface area contributed by atoms with Crippen molar-refractivity contribution in [1.82, 2.24) is 21.3 Å². The molecule has 10 fully saturated rings. The van der Waals surface area contributed by atoms with E-state index in [-0.39, 0.29) is 112 Å². The number of fused-ring (bicyclic) bond motifs is 7. The van der Waals surface area contributed by atoms with E-state index < -0.39 is 47.3 Å². The molecule has 6 bridgehead atoms. The van der Waals surface area contributed by atoms with E-state index in [9.17, 15) is 56.8 Å². The number of carboxylic acid groups (broad SMARTS) is 4. The zero-order valence-corrected chi connectivity index (χ0v) is 89.3. The fraction of sp³-hybridized carbons (Fsp3) is 0.504. The Balaban J connectivity index is 0.000000140. The monoisotopic (exact) mass is 2220 g/mol. The number of benzene rings is 8.